The van der Waals surface area contributed by atoms with Gasteiger partial charge in [-0.2, -0.15) is 0 Å². The zero-order valence-corrected chi connectivity index (χ0v) is 8.83. The van der Waals surface area contributed by atoms with E-state index in [9.17, 15) is 10.2 Å². The van der Waals surface area contributed by atoms with Crippen LogP contribution in [0.2, 0.25) is 0 Å². The highest BCUT2D eigenvalue weighted by molar-refractivity contribution is 5.36. The molecule has 0 saturated heterocycles. The summed E-state index contributed by atoms with van der Waals surface area (Å²) in [6.07, 6.45) is 3.19. The Morgan fingerprint density at radius 2 is 1.64 bits per heavy atom. The number of rotatable bonds is 4. The van der Waals surface area contributed by atoms with E-state index in [0.29, 0.717) is 5.92 Å². The fourth-order valence-corrected chi connectivity index (χ4v) is 1.52. The molecule has 2 nitrogen and oxygen atoms in total. The molecular formula is C12H18O2. The van der Waals surface area contributed by atoms with Crippen molar-refractivity contribution in [2.45, 2.75) is 33.1 Å². The van der Waals surface area contributed by atoms with Gasteiger partial charge >= 0.3 is 0 Å². The van der Waals surface area contributed by atoms with Gasteiger partial charge in [0.1, 0.15) is 11.5 Å². The maximum Gasteiger partial charge on any atom is 0.119 e. The number of aryl methyl sites for hydroxylation is 1. The molecular weight excluding hydrogens is 176 g/mol. The number of hydrogen-bond acceptors (Lipinski definition) is 2. The monoisotopic (exact) mass is 194 g/mol. The first-order valence-corrected chi connectivity index (χ1v) is 5.10. The third-order valence-electron chi connectivity index (χ3n) is 2.21. The second-order valence-electron chi connectivity index (χ2n) is 4.14. The van der Waals surface area contributed by atoms with E-state index in [1.165, 1.54) is 12.5 Å². The Bertz CT molecular complexity index is 272. The summed E-state index contributed by atoms with van der Waals surface area (Å²) in [5.41, 5.74) is 1.00. The third kappa shape index (κ3) is 3.69. The van der Waals surface area contributed by atoms with Crippen LogP contribution in [0.25, 0.3) is 0 Å². The largest absolute Gasteiger partial charge is 0.508 e. The van der Waals surface area contributed by atoms with Gasteiger partial charge in [-0.25, -0.2) is 0 Å². The molecule has 0 amide bonds. The Kier molecular flexibility index (Phi) is 3.81. The SMILES string of the molecule is CC(C)CCCc1cc(O)cc(O)c1. The summed E-state index contributed by atoms with van der Waals surface area (Å²) in [5, 5.41) is 18.5. The molecule has 0 aromatic heterocycles. The van der Waals surface area contributed by atoms with Gasteiger partial charge in [-0.3, -0.25) is 0 Å². The Labute approximate surface area is 85.2 Å². The van der Waals surface area contributed by atoms with Crippen LogP contribution in [0, 0.1) is 5.92 Å². The molecule has 1 rings (SSSR count). The summed E-state index contributed by atoms with van der Waals surface area (Å²) in [4.78, 5) is 0. The zero-order valence-electron chi connectivity index (χ0n) is 8.83. The molecule has 0 radical (unpaired) electrons. The molecule has 0 fully saturated rings. The summed E-state index contributed by atoms with van der Waals surface area (Å²) in [7, 11) is 0. The molecule has 0 unspecified atom stereocenters. The summed E-state index contributed by atoms with van der Waals surface area (Å²) in [5.74, 6) is 0.995. The lowest BCUT2D eigenvalue weighted by molar-refractivity contribution is 0.448. The smallest absolute Gasteiger partial charge is 0.119 e. The van der Waals surface area contributed by atoms with Gasteiger partial charge in [0, 0.05) is 6.07 Å². The fraction of sp³-hybridized carbons (Fsp3) is 0.500. The Balaban J connectivity index is 2.50. The summed E-state index contributed by atoms with van der Waals surface area (Å²) >= 11 is 0. The van der Waals surface area contributed by atoms with Crippen molar-refractivity contribution in [3.8, 4) is 11.5 Å². The predicted molar refractivity (Wildman–Crippen MR) is 57.5 cm³/mol. The second kappa shape index (κ2) is 4.89. The minimum absolute atomic E-state index is 0.143. The molecule has 0 heterocycles. The lowest BCUT2D eigenvalue weighted by Gasteiger charge is -2.05. The summed E-state index contributed by atoms with van der Waals surface area (Å²) < 4.78 is 0. The van der Waals surface area contributed by atoms with E-state index < -0.39 is 0 Å². The minimum atomic E-state index is 0.143. The topological polar surface area (TPSA) is 40.5 Å². The molecule has 0 bridgehead atoms. The van der Waals surface area contributed by atoms with Crippen molar-refractivity contribution >= 4 is 0 Å². The van der Waals surface area contributed by atoms with E-state index >= 15 is 0 Å². The van der Waals surface area contributed by atoms with E-state index in [0.717, 1.165) is 18.4 Å². The van der Waals surface area contributed by atoms with Crippen molar-refractivity contribution in [2.75, 3.05) is 0 Å². The van der Waals surface area contributed by atoms with Gasteiger partial charge in [-0.1, -0.05) is 20.3 Å². The number of phenolic OH excluding ortho intramolecular Hbond substituents is 2. The normalized spacial score (nSPS) is 10.8. The van der Waals surface area contributed by atoms with Crippen LogP contribution in [-0.4, -0.2) is 10.2 Å². The first-order chi connectivity index (χ1) is 6.58. The van der Waals surface area contributed by atoms with Gasteiger partial charge in [-0.15, -0.1) is 0 Å². The van der Waals surface area contributed by atoms with Gasteiger partial charge < -0.3 is 10.2 Å². The minimum Gasteiger partial charge on any atom is -0.508 e. The molecule has 78 valence electrons. The molecule has 0 saturated carbocycles. The summed E-state index contributed by atoms with van der Waals surface area (Å²) in [6, 6.07) is 4.77. The maximum absolute atomic E-state index is 9.24. The molecule has 0 aliphatic rings. The van der Waals surface area contributed by atoms with E-state index in [1.54, 1.807) is 12.1 Å². The molecule has 2 N–H and O–H groups in total. The van der Waals surface area contributed by atoms with E-state index in [2.05, 4.69) is 13.8 Å². The molecule has 1 aromatic carbocycles. The van der Waals surface area contributed by atoms with Crippen molar-refractivity contribution in [1.29, 1.82) is 0 Å². The fourth-order valence-electron chi connectivity index (χ4n) is 1.52. The highest BCUT2D eigenvalue weighted by atomic mass is 16.3. The van der Waals surface area contributed by atoms with Crippen molar-refractivity contribution in [2.24, 2.45) is 5.92 Å². The highest BCUT2D eigenvalue weighted by Gasteiger charge is 2.00. The number of benzene rings is 1. The predicted octanol–water partition coefficient (Wildman–Crippen LogP) is 3.08. The van der Waals surface area contributed by atoms with Crippen LogP contribution in [0.4, 0.5) is 0 Å². The first-order valence-electron chi connectivity index (χ1n) is 5.10. The van der Waals surface area contributed by atoms with Crippen LogP contribution in [0.5, 0.6) is 11.5 Å². The van der Waals surface area contributed by atoms with Crippen molar-refractivity contribution in [3.63, 3.8) is 0 Å². The molecule has 0 aliphatic heterocycles. The molecule has 2 heteroatoms. The number of phenols is 2. The van der Waals surface area contributed by atoms with E-state index in [-0.39, 0.29) is 11.5 Å². The molecule has 1 aromatic rings. The molecule has 0 atom stereocenters. The van der Waals surface area contributed by atoms with Crippen LogP contribution < -0.4 is 0 Å². The van der Waals surface area contributed by atoms with Crippen molar-refractivity contribution in [1.82, 2.24) is 0 Å². The van der Waals surface area contributed by atoms with Crippen LogP contribution in [0.1, 0.15) is 32.3 Å². The lowest BCUT2D eigenvalue weighted by atomic mass is 10.0. The van der Waals surface area contributed by atoms with Crippen LogP contribution >= 0.6 is 0 Å². The molecule has 0 spiro atoms. The third-order valence-corrected chi connectivity index (χ3v) is 2.21. The Morgan fingerprint density at radius 3 is 2.14 bits per heavy atom. The van der Waals surface area contributed by atoms with Crippen LogP contribution in [0.3, 0.4) is 0 Å². The highest BCUT2D eigenvalue weighted by Crippen LogP contribution is 2.22. The zero-order chi connectivity index (χ0) is 10.6. The maximum atomic E-state index is 9.24. The van der Waals surface area contributed by atoms with Gasteiger partial charge in [0.05, 0.1) is 0 Å². The number of hydrogen-bond donors (Lipinski definition) is 2. The Morgan fingerprint density at radius 1 is 1.07 bits per heavy atom. The lowest BCUT2D eigenvalue weighted by Crippen LogP contribution is -1.90. The second-order valence-corrected chi connectivity index (χ2v) is 4.14. The van der Waals surface area contributed by atoms with Crippen LogP contribution in [-0.2, 0) is 6.42 Å². The average Bonchev–Trinajstić information content (AvgIpc) is 2.01. The Hall–Kier alpha value is -1.18. The first kappa shape index (κ1) is 10.9. The van der Waals surface area contributed by atoms with E-state index in [1.807, 2.05) is 0 Å². The molecule has 0 aliphatic carbocycles. The van der Waals surface area contributed by atoms with Gasteiger partial charge in [0.2, 0.25) is 0 Å². The van der Waals surface area contributed by atoms with Crippen molar-refractivity contribution in [3.05, 3.63) is 23.8 Å². The molecule has 14 heavy (non-hydrogen) atoms. The van der Waals surface area contributed by atoms with Gasteiger partial charge in [0.25, 0.3) is 0 Å². The standard InChI is InChI=1S/C12H18O2/c1-9(2)4-3-5-10-6-11(13)8-12(14)7-10/h6-9,13-14H,3-5H2,1-2H3. The quantitative estimate of drug-likeness (QED) is 0.773. The van der Waals surface area contributed by atoms with E-state index in [4.69, 9.17) is 0 Å². The summed E-state index contributed by atoms with van der Waals surface area (Å²) in [6.45, 7) is 4.39. The average molecular weight is 194 g/mol. The van der Waals surface area contributed by atoms with Gasteiger partial charge in [-0.05, 0) is 36.5 Å². The number of aromatic hydroxyl groups is 2. The van der Waals surface area contributed by atoms with Gasteiger partial charge in [0.15, 0.2) is 0 Å². The van der Waals surface area contributed by atoms with Crippen LogP contribution in [0.15, 0.2) is 18.2 Å². The van der Waals surface area contributed by atoms with Crippen molar-refractivity contribution < 1.29 is 10.2 Å².